The molecule has 164 valence electrons. The van der Waals surface area contributed by atoms with Crippen LogP contribution in [0.5, 0.6) is 0 Å². The Morgan fingerprint density at radius 1 is 1.12 bits per heavy atom. The van der Waals surface area contributed by atoms with Crippen molar-refractivity contribution in [3.8, 4) is 0 Å². The van der Waals surface area contributed by atoms with Gasteiger partial charge in [0, 0.05) is 36.7 Å². The van der Waals surface area contributed by atoms with Gasteiger partial charge in [0.25, 0.3) is 5.91 Å². The molecule has 1 fully saturated rings. The third-order valence-electron chi connectivity index (χ3n) is 6.22. The van der Waals surface area contributed by atoms with Crippen molar-refractivity contribution in [3.05, 3.63) is 63.5 Å². The number of anilines is 1. The van der Waals surface area contributed by atoms with Gasteiger partial charge in [0.15, 0.2) is 0 Å². The molecule has 8 nitrogen and oxygen atoms in total. The Morgan fingerprint density at radius 2 is 1.94 bits per heavy atom. The maximum atomic E-state index is 12.9. The number of aryl methyl sites for hydroxylation is 2. The Bertz CT molecular complexity index is 1180. The summed E-state index contributed by atoms with van der Waals surface area (Å²) in [4.78, 5) is 39.6. The van der Waals surface area contributed by atoms with E-state index < -0.39 is 0 Å². The van der Waals surface area contributed by atoms with Gasteiger partial charge in [-0.15, -0.1) is 5.10 Å². The number of hydrogen-bond donors (Lipinski definition) is 0. The number of nitrogens with zero attached hydrogens (tertiary/aromatic N) is 6. The molecular weight excluding hydrogens is 424 g/mol. The Balaban J connectivity index is 1.42. The van der Waals surface area contributed by atoms with Crippen molar-refractivity contribution in [2.75, 3.05) is 18.0 Å². The molecule has 2 aliphatic heterocycles. The number of rotatable bonds is 4. The summed E-state index contributed by atoms with van der Waals surface area (Å²) in [7, 11) is 0. The van der Waals surface area contributed by atoms with E-state index in [1.54, 1.807) is 11.8 Å². The summed E-state index contributed by atoms with van der Waals surface area (Å²) >= 11 is 1.14. The molecule has 3 aromatic rings. The Morgan fingerprint density at radius 3 is 2.69 bits per heavy atom. The Hall–Kier alpha value is -3.20. The highest BCUT2D eigenvalue weighted by atomic mass is 32.1. The molecule has 1 aromatic carbocycles. The minimum absolute atomic E-state index is 0.0319. The lowest BCUT2D eigenvalue weighted by Crippen LogP contribution is -2.36. The second-order valence-corrected chi connectivity index (χ2v) is 9.11. The van der Waals surface area contributed by atoms with E-state index in [-0.39, 0.29) is 17.7 Å². The fourth-order valence-corrected chi connectivity index (χ4v) is 5.07. The van der Waals surface area contributed by atoms with E-state index in [4.69, 9.17) is 9.97 Å². The molecule has 1 atom stereocenters. The molecule has 9 heteroatoms. The number of hydrogen-bond acceptors (Lipinski definition) is 7. The molecule has 0 radical (unpaired) electrons. The van der Waals surface area contributed by atoms with Crippen LogP contribution in [0.4, 0.5) is 5.82 Å². The van der Waals surface area contributed by atoms with Gasteiger partial charge >= 0.3 is 0 Å². The second kappa shape index (κ2) is 8.38. The predicted molar refractivity (Wildman–Crippen MR) is 121 cm³/mol. The van der Waals surface area contributed by atoms with Crippen molar-refractivity contribution in [1.82, 2.24) is 24.5 Å². The minimum Gasteiger partial charge on any atom is -0.337 e. The van der Waals surface area contributed by atoms with Gasteiger partial charge in [0.1, 0.15) is 16.5 Å². The van der Waals surface area contributed by atoms with Crippen LogP contribution in [0.15, 0.2) is 30.3 Å². The Labute approximate surface area is 190 Å². The highest BCUT2D eigenvalue weighted by Gasteiger charge is 2.34. The summed E-state index contributed by atoms with van der Waals surface area (Å²) in [6.07, 6.45) is 1.93. The molecule has 4 heterocycles. The van der Waals surface area contributed by atoms with Gasteiger partial charge in [-0.1, -0.05) is 34.8 Å². The van der Waals surface area contributed by atoms with E-state index in [1.165, 1.54) is 0 Å². The molecule has 32 heavy (non-hydrogen) atoms. The molecule has 1 saturated heterocycles. The van der Waals surface area contributed by atoms with Gasteiger partial charge in [-0.25, -0.2) is 9.97 Å². The number of carbonyl (C=O) groups is 2. The summed E-state index contributed by atoms with van der Waals surface area (Å²) in [5.74, 6) is 1.53. The van der Waals surface area contributed by atoms with Gasteiger partial charge in [-0.2, -0.15) is 0 Å². The molecule has 2 amide bonds. The van der Waals surface area contributed by atoms with E-state index >= 15 is 0 Å². The third-order valence-corrected chi connectivity index (χ3v) is 7.04. The highest BCUT2D eigenvalue weighted by molar-refractivity contribution is 7.07. The SMILES string of the molecule is Cc1nnsc1C(=O)N1CC[C@@H](c2nc(C)c3c(n2)N(Cc2ccccc2)C(=O)CC3)C1. The van der Waals surface area contributed by atoms with Crippen LogP contribution in [0.25, 0.3) is 0 Å². The lowest BCUT2D eigenvalue weighted by atomic mass is 10.0. The zero-order valence-electron chi connectivity index (χ0n) is 18.1. The first-order valence-electron chi connectivity index (χ1n) is 10.8. The van der Waals surface area contributed by atoms with Crippen LogP contribution in [0.3, 0.4) is 0 Å². The van der Waals surface area contributed by atoms with Crippen molar-refractivity contribution in [2.24, 2.45) is 0 Å². The van der Waals surface area contributed by atoms with Crippen molar-refractivity contribution in [3.63, 3.8) is 0 Å². The van der Waals surface area contributed by atoms with Crippen molar-refractivity contribution < 1.29 is 9.59 Å². The second-order valence-electron chi connectivity index (χ2n) is 8.36. The number of benzene rings is 1. The summed E-state index contributed by atoms with van der Waals surface area (Å²) in [6.45, 7) is 5.49. The average Bonchev–Trinajstić information content (AvgIpc) is 3.45. The lowest BCUT2D eigenvalue weighted by Gasteiger charge is -2.30. The summed E-state index contributed by atoms with van der Waals surface area (Å²) in [5.41, 5.74) is 3.70. The molecule has 0 bridgehead atoms. The zero-order chi connectivity index (χ0) is 22.2. The number of likely N-dealkylation sites (tertiary alicyclic amines) is 1. The van der Waals surface area contributed by atoms with E-state index in [1.807, 2.05) is 42.2 Å². The third kappa shape index (κ3) is 3.77. The zero-order valence-corrected chi connectivity index (χ0v) is 18.9. The smallest absolute Gasteiger partial charge is 0.267 e. The van der Waals surface area contributed by atoms with Gasteiger partial charge in [-0.3, -0.25) is 14.5 Å². The number of aromatic nitrogens is 4. The first-order chi connectivity index (χ1) is 15.5. The summed E-state index contributed by atoms with van der Waals surface area (Å²) in [6, 6.07) is 9.97. The standard InChI is InChI=1S/C23H24N6O2S/c1-14-18-8-9-19(30)29(12-16-6-4-3-5-7-16)22(18)25-21(24-14)17-10-11-28(13-17)23(31)20-15(2)26-27-32-20/h3-7,17H,8-13H2,1-2H3/t17-/m1/s1. The fourth-order valence-electron chi connectivity index (χ4n) is 4.44. The minimum atomic E-state index is -0.0319. The monoisotopic (exact) mass is 448 g/mol. The summed E-state index contributed by atoms with van der Waals surface area (Å²) < 4.78 is 3.88. The molecule has 0 saturated carbocycles. The number of carbonyl (C=O) groups excluding carboxylic acids is 2. The normalized spacial score (nSPS) is 18.2. The van der Waals surface area contributed by atoms with Crippen LogP contribution in [0.1, 0.15) is 56.8 Å². The molecule has 2 aromatic heterocycles. The molecule has 2 aliphatic rings. The van der Waals surface area contributed by atoms with Crippen LogP contribution < -0.4 is 4.90 Å². The maximum absolute atomic E-state index is 12.9. The van der Waals surface area contributed by atoms with E-state index in [9.17, 15) is 9.59 Å². The van der Waals surface area contributed by atoms with Crippen LogP contribution in [0.2, 0.25) is 0 Å². The van der Waals surface area contributed by atoms with Gasteiger partial charge in [0.2, 0.25) is 5.91 Å². The van der Waals surface area contributed by atoms with E-state index in [2.05, 4.69) is 9.59 Å². The van der Waals surface area contributed by atoms with Crippen LogP contribution in [0, 0.1) is 13.8 Å². The van der Waals surface area contributed by atoms with Crippen LogP contribution in [-0.2, 0) is 17.8 Å². The molecule has 0 aliphatic carbocycles. The molecule has 0 spiro atoms. The number of fused-ring (bicyclic) bond motifs is 1. The predicted octanol–water partition coefficient (Wildman–Crippen LogP) is 3.05. The maximum Gasteiger partial charge on any atom is 0.267 e. The van der Waals surface area contributed by atoms with Gasteiger partial charge in [-0.05, 0) is 43.8 Å². The summed E-state index contributed by atoms with van der Waals surface area (Å²) in [5, 5.41) is 3.95. The molecule has 0 N–H and O–H groups in total. The van der Waals surface area contributed by atoms with Gasteiger partial charge in [0.05, 0.1) is 12.2 Å². The highest BCUT2D eigenvalue weighted by Crippen LogP contribution is 2.33. The van der Waals surface area contributed by atoms with Crippen molar-refractivity contribution >= 4 is 29.2 Å². The van der Waals surface area contributed by atoms with E-state index in [0.717, 1.165) is 40.6 Å². The van der Waals surface area contributed by atoms with E-state index in [0.29, 0.717) is 48.9 Å². The molecule has 5 rings (SSSR count). The van der Waals surface area contributed by atoms with Crippen LogP contribution >= 0.6 is 11.5 Å². The molecular formula is C23H24N6O2S. The molecule has 0 unspecified atom stereocenters. The van der Waals surface area contributed by atoms with Crippen molar-refractivity contribution in [2.45, 2.75) is 45.6 Å². The largest absolute Gasteiger partial charge is 0.337 e. The Kier molecular flexibility index (Phi) is 5.42. The fraction of sp³-hybridized carbons (Fsp3) is 0.391. The average molecular weight is 449 g/mol. The van der Waals surface area contributed by atoms with Gasteiger partial charge < -0.3 is 4.90 Å². The van der Waals surface area contributed by atoms with Crippen LogP contribution in [-0.4, -0.2) is 49.4 Å². The topological polar surface area (TPSA) is 92.2 Å². The lowest BCUT2D eigenvalue weighted by molar-refractivity contribution is -0.119. The number of amides is 2. The first-order valence-corrected chi connectivity index (χ1v) is 11.6. The van der Waals surface area contributed by atoms with Crippen molar-refractivity contribution in [1.29, 1.82) is 0 Å². The quantitative estimate of drug-likeness (QED) is 0.609. The first kappa shape index (κ1) is 20.7.